The Hall–Kier alpha value is -3.72. The highest BCUT2D eigenvalue weighted by atomic mass is 32.2. The molecule has 5 N–H and O–H groups in total. The monoisotopic (exact) mass is 521 g/mol. The lowest BCUT2D eigenvalue weighted by atomic mass is 10.1. The SMILES string of the molecule is NC=O.O=c1ccc(NCC#Cc2cc3c(NC4CCS(=O)CC4)cccc3n2CC(F)(F)F)c[nH]1. The number of nitrogens with one attached hydrogen (secondary N) is 3. The Morgan fingerprint density at radius 1 is 1.22 bits per heavy atom. The smallest absolute Gasteiger partial charge is 0.382 e. The largest absolute Gasteiger partial charge is 0.406 e. The molecule has 36 heavy (non-hydrogen) atoms. The normalized spacial score (nSPS) is 17.3. The summed E-state index contributed by atoms with van der Waals surface area (Å²) in [5.74, 6) is 6.97. The maximum absolute atomic E-state index is 13.3. The summed E-state index contributed by atoms with van der Waals surface area (Å²) in [7, 11) is -0.788. The number of pyridine rings is 1. The molecular formula is C24H26F3N5O3S. The molecule has 0 aliphatic carbocycles. The van der Waals surface area contributed by atoms with Gasteiger partial charge in [-0.1, -0.05) is 12.0 Å². The van der Waals surface area contributed by atoms with Crippen LogP contribution in [0.2, 0.25) is 0 Å². The van der Waals surface area contributed by atoms with E-state index < -0.39 is 23.5 Å². The Labute approximate surface area is 207 Å². The Morgan fingerprint density at radius 2 is 1.94 bits per heavy atom. The van der Waals surface area contributed by atoms with Gasteiger partial charge in [0.25, 0.3) is 0 Å². The van der Waals surface area contributed by atoms with Crippen LogP contribution in [0, 0.1) is 11.8 Å². The molecule has 12 heteroatoms. The number of carbonyl (C=O) groups excluding carboxylic acids is 1. The van der Waals surface area contributed by atoms with Crippen molar-refractivity contribution >= 4 is 39.5 Å². The summed E-state index contributed by atoms with van der Waals surface area (Å²) in [6.45, 7) is -0.941. The van der Waals surface area contributed by atoms with Crippen molar-refractivity contribution in [3.63, 3.8) is 0 Å². The minimum Gasteiger partial charge on any atom is -0.382 e. The quantitative estimate of drug-likeness (QED) is 0.304. The summed E-state index contributed by atoms with van der Waals surface area (Å²) in [5, 5.41) is 7.10. The van der Waals surface area contributed by atoms with E-state index >= 15 is 0 Å². The number of aromatic nitrogens is 2. The van der Waals surface area contributed by atoms with Crippen molar-refractivity contribution in [1.82, 2.24) is 9.55 Å². The van der Waals surface area contributed by atoms with Crippen LogP contribution in [0.15, 0.2) is 47.4 Å². The van der Waals surface area contributed by atoms with Crippen molar-refractivity contribution in [2.45, 2.75) is 31.6 Å². The summed E-state index contributed by atoms with van der Waals surface area (Å²) < 4.78 is 52.8. The highest BCUT2D eigenvalue weighted by molar-refractivity contribution is 7.85. The average Bonchev–Trinajstić information content (AvgIpc) is 3.17. The molecule has 1 saturated heterocycles. The molecule has 1 aliphatic rings. The van der Waals surface area contributed by atoms with E-state index in [9.17, 15) is 22.2 Å². The van der Waals surface area contributed by atoms with Gasteiger partial charge >= 0.3 is 6.18 Å². The summed E-state index contributed by atoms with van der Waals surface area (Å²) >= 11 is 0. The molecule has 0 saturated carbocycles. The zero-order valence-corrected chi connectivity index (χ0v) is 20.0. The van der Waals surface area contributed by atoms with Crippen molar-refractivity contribution in [2.24, 2.45) is 5.73 Å². The fourth-order valence-electron chi connectivity index (χ4n) is 3.82. The molecule has 0 atom stereocenters. The molecule has 4 rings (SSSR count). The Morgan fingerprint density at radius 3 is 2.58 bits per heavy atom. The number of fused-ring (bicyclic) bond motifs is 1. The number of carbonyl (C=O) groups is 1. The van der Waals surface area contributed by atoms with Crippen LogP contribution in [-0.4, -0.2) is 50.4 Å². The van der Waals surface area contributed by atoms with Crippen molar-refractivity contribution in [3.8, 4) is 11.8 Å². The molecule has 0 unspecified atom stereocenters. The van der Waals surface area contributed by atoms with Gasteiger partial charge in [-0.3, -0.25) is 13.8 Å². The van der Waals surface area contributed by atoms with Gasteiger partial charge in [0.1, 0.15) is 6.54 Å². The summed E-state index contributed by atoms with van der Waals surface area (Å²) in [4.78, 5) is 22.2. The molecule has 192 valence electrons. The topological polar surface area (TPSA) is 122 Å². The fraction of sp³-hybridized carbons (Fsp3) is 0.333. The van der Waals surface area contributed by atoms with Gasteiger partial charge in [-0.25, -0.2) is 0 Å². The molecule has 0 radical (unpaired) electrons. The molecule has 3 aromatic rings. The van der Waals surface area contributed by atoms with E-state index in [2.05, 4.69) is 33.2 Å². The van der Waals surface area contributed by atoms with E-state index in [1.54, 1.807) is 24.3 Å². The molecule has 1 amide bonds. The van der Waals surface area contributed by atoms with Gasteiger partial charge in [0, 0.05) is 51.7 Å². The van der Waals surface area contributed by atoms with E-state index in [0.717, 1.165) is 18.5 Å². The minimum atomic E-state index is -4.40. The first kappa shape index (κ1) is 26.9. The summed E-state index contributed by atoms with van der Waals surface area (Å²) in [6.07, 6.45) is -1.12. The predicted molar refractivity (Wildman–Crippen MR) is 135 cm³/mol. The first-order valence-corrected chi connectivity index (χ1v) is 12.6. The van der Waals surface area contributed by atoms with Crippen LogP contribution in [0.5, 0.6) is 0 Å². The van der Waals surface area contributed by atoms with Gasteiger partial charge in [0.2, 0.25) is 12.0 Å². The number of alkyl halides is 3. The van der Waals surface area contributed by atoms with Gasteiger partial charge in [0.15, 0.2) is 0 Å². The lowest BCUT2D eigenvalue weighted by Crippen LogP contribution is -2.29. The second-order valence-electron chi connectivity index (χ2n) is 7.97. The highest BCUT2D eigenvalue weighted by Gasteiger charge is 2.30. The number of aromatic amines is 1. The zero-order chi connectivity index (χ0) is 26.1. The number of anilines is 2. The van der Waals surface area contributed by atoms with Crippen LogP contribution < -0.4 is 21.9 Å². The van der Waals surface area contributed by atoms with Gasteiger partial charge in [0.05, 0.1) is 23.4 Å². The van der Waals surface area contributed by atoms with E-state index in [1.807, 2.05) is 6.07 Å². The minimum absolute atomic E-state index is 0.135. The number of nitrogens with zero attached hydrogens (tertiary/aromatic N) is 1. The zero-order valence-electron chi connectivity index (χ0n) is 19.2. The maximum atomic E-state index is 13.3. The number of hydrogen-bond acceptors (Lipinski definition) is 5. The molecule has 2 aromatic heterocycles. The van der Waals surface area contributed by atoms with Crippen molar-refractivity contribution < 1.29 is 22.2 Å². The van der Waals surface area contributed by atoms with Crippen molar-refractivity contribution in [1.29, 1.82) is 0 Å². The van der Waals surface area contributed by atoms with Crippen LogP contribution in [0.4, 0.5) is 24.5 Å². The molecule has 3 heterocycles. The third-order valence-electron chi connectivity index (χ3n) is 5.41. The molecule has 1 fully saturated rings. The Balaban J connectivity index is 0.00000115. The first-order valence-electron chi connectivity index (χ1n) is 11.1. The number of hydrogen-bond donors (Lipinski definition) is 4. The van der Waals surface area contributed by atoms with Crippen LogP contribution in [0.25, 0.3) is 10.9 Å². The molecular weight excluding hydrogens is 495 g/mol. The van der Waals surface area contributed by atoms with E-state index in [0.29, 0.717) is 28.1 Å². The lowest BCUT2D eigenvalue weighted by molar-refractivity contribution is -0.140. The number of H-pyrrole nitrogens is 1. The van der Waals surface area contributed by atoms with Crippen LogP contribution in [-0.2, 0) is 22.1 Å². The number of amides is 1. The van der Waals surface area contributed by atoms with Crippen molar-refractivity contribution in [3.05, 3.63) is 58.6 Å². The third-order valence-corrected chi connectivity index (χ3v) is 6.79. The van der Waals surface area contributed by atoms with E-state index in [-0.39, 0.29) is 30.2 Å². The molecule has 0 bridgehead atoms. The van der Waals surface area contributed by atoms with Gasteiger partial charge < -0.3 is 25.9 Å². The standard InChI is InChI=1S/C23H23F3N4O2S.CH3NO/c24-23(25,26)15-30-18(3-2-10-27-17-6-7-22(31)28-14-17)13-19-20(4-1-5-21(19)30)29-16-8-11-33(32)12-9-16;2-1-3/h1,4-7,13-14,16,27,29H,8-12,15H2,(H,28,31);1H,(H2,2,3). The lowest BCUT2D eigenvalue weighted by Gasteiger charge is -2.24. The molecule has 8 nitrogen and oxygen atoms in total. The second-order valence-corrected chi connectivity index (χ2v) is 9.67. The number of primary amides is 1. The second kappa shape index (κ2) is 12.3. The van der Waals surface area contributed by atoms with Crippen LogP contribution in [0.3, 0.4) is 0 Å². The number of rotatable bonds is 5. The number of benzene rings is 1. The molecule has 1 aromatic carbocycles. The van der Waals surface area contributed by atoms with Crippen LogP contribution in [0.1, 0.15) is 18.5 Å². The molecule has 0 spiro atoms. The third kappa shape index (κ3) is 7.64. The fourth-order valence-corrected chi connectivity index (χ4v) is 5.12. The Bertz CT molecular complexity index is 1310. The summed E-state index contributed by atoms with van der Waals surface area (Å²) in [6, 6.07) is 10.0. The van der Waals surface area contributed by atoms with Gasteiger partial charge in [-0.05, 0) is 43.0 Å². The molecule has 1 aliphatic heterocycles. The Kier molecular flexibility index (Phi) is 9.19. The van der Waals surface area contributed by atoms with Crippen molar-refractivity contribution in [2.75, 3.05) is 28.7 Å². The van der Waals surface area contributed by atoms with Crippen LogP contribution >= 0.6 is 0 Å². The van der Waals surface area contributed by atoms with E-state index in [4.69, 9.17) is 4.79 Å². The van der Waals surface area contributed by atoms with Gasteiger partial charge in [-0.15, -0.1) is 0 Å². The van der Waals surface area contributed by atoms with E-state index in [1.165, 1.54) is 16.8 Å². The number of halogens is 3. The number of nitrogens with two attached hydrogens (primary N) is 1. The van der Waals surface area contributed by atoms with Gasteiger partial charge in [-0.2, -0.15) is 13.2 Å². The maximum Gasteiger partial charge on any atom is 0.406 e. The first-order chi connectivity index (χ1) is 17.2. The summed E-state index contributed by atoms with van der Waals surface area (Å²) in [5.41, 5.74) is 6.06. The highest BCUT2D eigenvalue weighted by Crippen LogP contribution is 2.31. The predicted octanol–water partition coefficient (Wildman–Crippen LogP) is 2.78. The average molecular weight is 522 g/mol.